The zero-order valence-electron chi connectivity index (χ0n) is 10.5. The van der Waals surface area contributed by atoms with Crippen molar-refractivity contribution in [3.05, 3.63) is 42.6 Å². The molecule has 0 aliphatic carbocycles. The van der Waals surface area contributed by atoms with Crippen LogP contribution in [0.3, 0.4) is 0 Å². The molecule has 5 nitrogen and oxygen atoms in total. The maximum atomic E-state index is 11.7. The minimum absolute atomic E-state index is 0.0267. The molecule has 0 radical (unpaired) electrons. The SMILES string of the molecule is CN1C=CC(CN=Nc2ccccc2)N(C)C1=O. The van der Waals surface area contributed by atoms with Crippen molar-refractivity contribution in [1.82, 2.24) is 9.80 Å². The van der Waals surface area contributed by atoms with E-state index in [1.165, 1.54) is 0 Å². The number of azo groups is 1. The largest absolute Gasteiger partial charge is 0.324 e. The van der Waals surface area contributed by atoms with Gasteiger partial charge in [-0.05, 0) is 18.2 Å². The van der Waals surface area contributed by atoms with E-state index in [0.29, 0.717) is 6.54 Å². The Bertz CT molecular complexity index is 469. The van der Waals surface area contributed by atoms with Gasteiger partial charge in [-0.25, -0.2) is 4.79 Å². The van der Waals surface area contributed by atoms with E-state index in [4.69, 9.17) is 0 Å². The van der Waals surface area contributed by atoms with Gasteiger partial charge in [-0.3, -0.25) is 0 Å². The summed E-state index contributed by atoms with van der Waals surface area (Å²) >= 11 is 0. The normalized spacial score (nSPS) is 19.9. The summed E-state index contributed by atoms with van der Waals surface area (Å²) in [5, 5.41) is 8.25. The molecular formula is C13H16N4O. The van der Waals surface area contributed by atoms with E-state index in [1.54, 1.807) is 30.1 Å². The van der Waals surface area contributed by atoms with E-state index in [0.717, 1.165) is 5.69 Å². The second-order valence-corrected chi connectivity index (χ2v) is 4.17. The molecule has 1 aliphatic rings. The van der Waals surface area contributed by atoms with Gasteiger partial charge < -0.3 is 9.80 Å². The van der Waals surface area contributed by atoms with Crippen LogP contribution in [0.25, 0.3) is 0 Å². The van der Waals surface area contributed by atoms with E-state index in [9.17, 15) is 4.79 Å². The summed E-state index contributed by atoms with van der Waals surface area (Å²) in [5.41, 5.74) is 0.823. The smallest absolute Gasteiger partial charge is 0.319 e. The number of likely N-dealkylation sites (N-methyl/N-ethyl adjacent to an activating group) is 1. The first-order valence-electron chi connectivity index (χ1n) is 5.79. The molecule has 0 fully saturated rings. The quantitative estimate of drug-likeness (QED) is 0.754. The lowest BCUT2D eigenvalue weighted by atomic mass is 10.2. The predicted octanol–water partition coefficient (Wildman–Crippen LogP) is 2.65. The Morgan fingerprint density at radius 1 is 1.22 bits per heavy atom. The molecule has 0 aromatic heterocycles. The molecule has 0 saturated carbocycles. The van der Waals surface area contributed by atoms with Gasteiger partial charge >= 0.3 is 6.03 Å². The molecule has 1 aromatic rings. The molecule has 0 N–H and O–H groups in total. The number of hydrogen-bond donors (Lipinski definition) is 0. The lowest BCUT2D eigenvalue weighted by Gasteiger charge is -2.31. The first-order chi connectivity index (χ1) is 8.68. The number of nitrogens with zero attached hydrogens (tertiary/aromatic N) is 4. The van der Waals surface area contributed by atoms with Crippen LogP contribution in [0.4, 0.5) is 10.5 Å². The van der Waals surface area contributed by atoms with Crippen LogP contribution in [0.5, 0.6) is 0 Å². The van der Waals surface area contributed by atoms with Gasteiger partial charge in [0.25, 0.3) is 0 Å². The zero-order chi connectivity index (χ0) is 13.0. The van der Waals surface area contributed by atoms with Gasteiger partial charge in [0.1, 0.15) is 0 Å². The molecule has 5 heteroatoms. The number of rotatable bonds is 3. The highest BCUT2D eigenvalue weighted by Gasteiger charge is 2.23. The van der Waals surface area contributed by atoms with Gasteiger partial charge in [-0.2, -0.15) is 10.2 Å². The van der Waals surface area contributed by atoms with Crippen molar-refractivity contribution in [3.63, 3.8) is 0 Å². The Kier molecular flexibility index (Phi) is 3.72. The minimum atomic E-state index is -0.0302. The van der Waals surface area contributed by atoms with E-state index < -0.39 is 0 Å². The molecule has 0 spiro atoms. The number of amides is 2. The van der Waals surface area contributed by atoms with Crippen molar-refractivity contribution in [2.24, 2.45) is 10.2 Å². The fourth-order valence-electron chi connectivity index (χ4n) is 1.70. The summed E-state index contributed by atoms with van der Waals surface area (Å²) in [5.74, 6) is 0. The molecule has 1 aliphatic heterocycles. The van der Waals surface area contributed by atoms with Crippen LogP contribution in [-0.4, -0.2) is 42.5 Å². The van der Waals surface area contributed by atoms with Crippen LogP contribution < -0.4 is 0 Å². The van der Waals surface area contributed by atoms with Crippen molar-refractivity contribution >= 4 is 11.7 Å². The van der Waals surface area contributed by atoms with Crippen LogP contribution in [0.1, 0.15) is 0 Å². The maximum absolute atomic E-state index is 11.7. The molecule has 1 atom stereocenters. The van der Waals surface area contributed by atoms with Gasteiger partial charge in [0.15, 0.2) is 0 Å². The van der Waals surface area contributed by atoms with E-state index in [2.05, 4.69) is 10.2 Å². The number of carbonyl (C=O) groups is 1. The summed E-state index contributed by atoms with van der Waals surface area (Å²) in [6, 6.07) is 9.49. The maximum Gasteiger partial charge on any atom is 0.324 e. The van der Waals surface area contributed by atoms with Crippen molar-refractivity contribution in [2.45, 2.75) is 6.04 Å². The summed E-state index contributed by atoms with van der Waals surface area (Å²) in [6.07, 6.45) is 3.72. The van der Waals surface area contributed by atoms with Gasteiger partial charge in [0.2, 0.25) is 0 Å². The van der Waals surface area contributed by atoms with Gasteiger partial charge in [0, 0.05) is 20.3 Å². The third-order valence-electron chi connectivity index (χ3n) is 2.84. The summed E-state index contributed by atoms with van der Waals surface area (Å²) in [7, 11) is 3.50. The number of benzene rings is 1. The van der Waals surface area contributed by atoms with Gasteiger partial charge in [-0.1, -0.05) is 18.2 Å². The molecule has 2 rings (SSSR count). The first-order valence-corrected chi connectivity index (χ1v) is 5.79. The minimum Gasteiger partial charge on any atom is -0.319 e. The number of hydrogen-bond acceptors (Lipinski definition) is 3. The molecule has 1 heterocycles. The Morgan fingerprint density at radius 3 is 2.67 bits per heavy atom. The highest BCUT2D eigenvalue weighted by molar-refractivity contribution is 5.76. The van der Waals surface area contributed by atoms with Crippen LogP contribution in [0.15, 0.2) is 52.8 Å². The molecule has 2 amide bonds. The molecule has 0 bridgehead atoms. The van der Waals surface area contributed by atoms with Crippen molar-refractivity contribution < 1.29 is 4.79 Å². The predicted molar refractivity (Wildman–Crippen MR) is 69.7 cm³/mol. The fraction of sp³-hybridized carbons (Fsp3) is 0.308. The Hall–Kier alpha value is -2.17. The van der Waals surface area contributed by atoms with Crippen molar-refractivity contribution in [2.75, 3.05) is 20.6 Å². The molecular weight excluding hydrogens is 228 g/mol. The van der Waals surface area contributed by atoms with Crippen molar-refractivity contribution in [3.8, 4) is 0 Å². The third-order valence-corrected chi connectivity index (χ3v) is 2.84. The second kappa shape index (κ2) is 5.44. The van der Waals surface area contributed by atoms with Gasteiger partial charge in [0.05, 0.1) is 18.3 Å². The van der Waals surface area contributed by atoms with E-state index >= 15 is 0 Å². The fourth-order valence-corrected chi connectivity index (χ4v) is 1.70. The van der Waals surface area contributed by atoms with Crippen LogP contribution in [-0.2, 0) is 0 Å². The Balaban J connectivity index is 1.97. The average molecular weight is 244 g/mol. The Morgan fingerprint density at radius 2 is 1.94 bits per heavy atom. The first kappa shape index (κ1) is 12.3. The summed E-state index contributed by atoms with van der Waals surface area (Å²) in [4.78, 5) is 14.9. The van der Waals surface area contributed by atoms with E-state index in [1.807, 2.05) is 36.4 Å². The average Bonchev–Trinajstić information content (AvgIpc) is 2.40. The highest BCUT2D eigenvalue weighted by atomic mass is 16.2. The summed E-state index contributed by atoms with van der Waals surface area (Å²) < 4.78 is 0. The highest BCUT2D eigenvalue weighted by Crippen LogP contribution is 2.13. The van der Waals surface area contributed by atoms with Crippen LogP contribution in [0, 0.1) is 0 Å². The zero-order valence-corrected chi connectivity index (χ0v) is 10.5. The van der Waals surface area contributed by atoms with Gasteiger partial charge in [-0.15, -0.1) is 0 Å². The topological polar surface area (TPSA) is 48.3 Å². The third kappa shape index (κ3) is 2.74. The summed E-state index contributed by atoms with van der Waals surface area (Å²) in [6.45, 7) is 0.474. The standard InChI is InChI=1S/C13H16N4O/c1-16-9-8-12(17(2)13(16)18)10-14-15-11-6-4-3-5-7-11/h3-9,12H,10H2,1-2H3. The monoisotopic (exact) mass is 244 g/mol. The van der Waals surface area contributed by atoms with Crippen molar-refractivity contribution in [1.29, 1.82) is 0 Å². The lowest BCUT2D eigenvalue weighted by Crippen LogP contribution is -2.46. The molecule has 1 aromatic carbocycles. The lowest BCUT2D eigenvalue weighted by molar-refractivity contribution is 0.171. The molecule has 94 valence electrons. The van der Waals surface area contributed by atoms with E-state index in [-0.39, 0.29) is 12.1 Å². The second-order valence-electron chi connectivity index (χ2n) is 4.17. The molecule has 0 saturated heterocycles. The Labute approximate surface area is 106 Å². The molecule has 18 heavy (non-hydrogen) atoms. The molecule has 1 unspecified atom stereocenters. The number of carbonyl (C=O) groups excluding carboxylic acids is 1. The van der Waals surface area contributed by atoms with Crippen LogP contribution in [0.2, 0.25) is 0 Å². The van der Waals surface area contributed by atoms with Crippen LogP contribution >= 0.6 is 0 Å². The number of urea groups is 1.